The molecule has 586 valence electrons. The predicted octanol–water partition coefficient (Wildman–Crippen LogP) is 28.8. The highest BCUT2D eigenvalue weighted by molar-refractivity contribution is 5.26. The molecule has 4 heteroatoms. The maximum absolute atomic E-state index is 3.44. The van der Waals surface area contributed by atoms with E-state index in [1.807, 2.05) is 0 Å². The number of likely N-dealkylation sites (tertiary alicyclic amines) is 1. The molecule has 0 radical (unpaired) electrons. The Balaban J connectivity index is 0.000000384. The van der Waals surface area contributed by atoms with Gasteiger partial charge in [0.25, 0.3) is 0 Å². The maximum atomic E-state index is 3.44. The summed E-state index contributed by atoms with van der Waals surface area (Å²) in [6.07, 6.45) is 73.2. The first-order valence-electron chi connectivity index (χ1n) is 46.0. The molecule has 7 saturated carbocycles. The Morgan fingerprint density at radius 2 is 0.566 bits per heavy atom. The summed E-state index contributed by atoms with van der Waals surface area (Å²) in [5.41, 5.74) is 2.98. The molecular formula is C95H186N4. The van der Waals surface area contributed by atoms with E-state index in [0.29, 0.717) is 0 Å². The number of likely N-dealkylation sites (N-methyl/N-ethyl adjacent to an activating group) is 2. The highest BCUT2D eigenvalue weighted by Gasteiger charge is 2.31. The van der Waals surface area contributed by atoms with E-state index in [9.17, 15) is 0 Å². The molecule has 2 heterocycles. The summed E-state index contributed by atoms with van der Waals surface area (Å²) in [6.45, 7) is 39.8. The largest absolute Gasteiger partial charge is 0.317 e. The Bertz CT molecular complexity index is 1700. The number of piperazine rings is 1. The van der Waals surface area contributed by atoms with E-state index in [2.05, 4.69) is 169 Å². The number of rotatable bonds is 22. The number of aryl methyl sites for hydroxylation is 2. The molecule has 2 aliphatic heterocycles. The zero-order chi connectivity index (χ0) is 72.7. The summed E-state index contributed by atoms with van der Waals surface area (Å²) in [4.78, 5) is 7.16. The Morgan fingerprint density at radius 3 is 0.838 bits per heavy atom. The van der Waals surface area contributed by atoms with Crippen molar-refractivity contribution in [3.05, 3.63) is 35.4 Å². The summed E-state index contributed by atoms with van der Waals surface area (Å²) in [5.74, 6) is 15.1. The predicted molar refractivity (Wildman–Crippen MR) is 449 cm³/mol. The first-order valence-corrected chi connectivity index (χ1v) is 46.0. The molecule has 4 nitrogen and oxygen atoms in total. The lowest BCUT2D eigenvalue weighted by molar-refractivity contribution is 0.144. The Hall–Kier alpha value is -0.940. The van der Waals surface area contributed by atoms with Gasteiger partial charge in [0.2, 0.25) is 0 Å². The van der Waals surface area contributed by atoms with Crippen LogP contribution in [-0.2, 0) is 12.8 Å². The SMILES string of the molecule is CCC1CCC(C2CCC(CC)CC2)CC1.CCC1CCC(CC)CC1.CCC1CCC(CC2CCC(NC)CC2)CC1.CCC1CCCCC1CC.CCCC1CCC(CCC)CC1.CCCC1CCN(C)CC1.CCCCCC.CCc1ccccc1CC.CN1CCN(C)CC1. The normalized spacial score (nSPS) is 30.0. The van der Waals surface area contributed by atoms with Crippen LogP contribution in [0, 0.1) is 82.9 Å². The van der Waals surface area contributed by atoms with Crippen molar-refractivity contribution < 1.29 is 0 Å². The molecular weight excluding hydrogens is 1200 g/mol. The second-order valence-corrected chi connectivity index (χ2v) is 35.0. The van der Waals surface area contributed by atoms with Crippen molar-refractivity contribution in [2.75, 3.05) is 67.5 Å². The number of unbranched alkanes of at least 4 members (excludes halogenated alkanes) is 3. The molecule has 2 atom stereocenters. The lowest BCUT2D eigenvalue weighted by Crippen LogP contribution is -2.42. The van der Waals surface area contributed by atoms with Crippen molar-refractivity contribution in [3.63, 3.8) is 0 Å². The van der Waals surface area contributed by atoms with Gasteiger partial charge in [-0.05, 0) is 219 Å². The minimum absolute atomic E-state index is 0.821. The van der Waals surface area contributed by atoms with Gasteiger partial charge in [0.05, 0.1) is 0 Å². The molecule has 2 unspecified atom stereocenters. The van der Waals surface area contributed by atoms with Crippen LogP contribution < -0.4 is 5.32 Å². The number of benzene rings is 1. The number of nitrogens with one attached hydrogen (secondary N) is 1. The topological polar surface area (TPSA) is 21.8 Å². The third-order valence-corrected chi connectivity index (χ3v) is 27.8. The quantitative estimate of drug-likeness (QED) is 0.117. The number of hydrogen-bond acceptors (Lipinski definition) is 4. The Kier molecular flexibility index (Phi) is 59.1. The summed E-state index contributed by atoms with van der Waals surface area (Å²) in [5, 5.41) is 3.44. The molecule has 1 N–H and O–H groups in total. The van der Waals surface area contributed by atoms with E-state index in [4.69, 9.17) is 0 Å². The van der Waals surface area contributed by atoms with Gasteiger partial charge in [0.15, 0.2) is 0 Å². The molecule has 1 aromatic rings. The average Bonchev–Trinajstić information content (AvgIpc) is 1.34. The summed E-state index contributed by atoms with van der Waals surface area (Å²) < 4.78 is 0. The van der Waals surface area contributed by atoms with Crippen LogP contribution in [0.3, 0.4) is 0 Å². The van der Waals surface area contributed by atoms with Crippen molar-refractivity contribution in [1.82, 2.24) is 20.0 Å². The zero-order valence-electron chi connectivity index (χ0n) is 71.4. The second kappa shape index (κ2) is 62.1. The average molecular weight is 1380 g/mol. The van der Waals surface area contributed by atoms with Crippen molar-refractivity contribution in [2.24, 2.45) is 82.9 Å². The van der Waals surface area contributed by atoms with Gasteiger partial charge >= 0.3 is 0 Å². The van der Waals surface area contributed by atoms with E-state index >= 15 is 0 Å². The lowest BCUT2D eigenvalue weighted by atomic mass is 9.68. The fraction of sp³-hybridized carbons (Fsp3) is 0.937. The minimum atomic E-state index is 0.821. The molecule has 9 aliphatic rings. The fourth-order valence-corrected chi connectivity index (χ4v) is 19.6. The van der Waals surface area contributed by atoms with E-state index in [1.54, 1.807) is 32.1 Å². The molecule has 0 aromatic heterocycles. The second-order valence-electron chi connectivity index (χ2n) is 35.0. The smallest absolute Gasteiger partial charge is 0.0107 e. The molecule has 2 saturated heterocycles. The van der Waals surface area contributed by atoms with Crippen LogP contribution in [0.1, 0.15) is 416 Å². The van der Waals surface area contributed by atoms with E-state index in [-0.39, 0.29) is 0 Å². The standard InChI is InChI=1S/C16H31N.C16H30.C12H24.2C10H20.C10H14.C9H19N.C6H14N2.C6H14/c1-3-13-4-6-14(7-5-13)12-15-8-10-16(17-2)11-9-15;1-3-13-5-9-15(10-6-13)16-11-7-14(4-2)8-12-16;1-3-5-11-7-9-12(6-4-2)10-8-11;1-3-9-5-7-10(4-2)8-6-9;2*1-3-9-7-5-6-8-10(9)4-2;1-3-4-9-5-7-10(2)8-6-9;1-7-3-5-8(2)6-4-7;1-3-5-6-4-2/h13-17H,3-12H2,1-2H3;13-16H,3-12H2,1-2H3;11-12H,3-10H2,1-2H3;2*9-10H,3-8H2,1-2H3;5-8H,3-4H2,1-2H3;9H,3-8H2,1-2H3;3-6H2,1-2H3;3-6H2,1-2H3. The van der Waals surface area contributed by atoms with Crippen molar-refractivity contribution in [3.8, 4) is 0 Å². The minimum Gasteiger partial charge on any atom is -0.317 e. The van der Waals surface area contributed by atoms with Gasteiger partial charge in [-0.25, -0.2) is 0 Å². The molecule has 0 spiro atoms. The first-order chi connectivity index (χ1) is 48.2. The number of piperidine rings is 1. The fourth-order valence-electron chi connectivity index (χ4n) is 19.6. The van der Waals surface area contributed by atoms with Gasteiger partial charge in [0.1, 0.15) is 0 Å². The lowest BCUT2D eigenvalue weighted by Gasteiger charge is -2.37. The summed E-state index contributed by atoms with van der Waals surface area (Å²) >= 11 is 0. The van der Waals surface area contributed by atoms with Crippen molar-refractivity contribution in [1.29, 1.82) is 0 Å². The van der Waals surface area contributed by atoms with Crippen LogP contribution >= 0.6 is 0 Å². The third-order valence-electron chi connectivity index (χ3n) is 27.8. The van der Waals surface area contributed by atoms with Crippen molar-refractivity contribution >= 4 is 0 Å². The van der Waals surface area contributed by atoms with Gasteiger partial charge in [-0.2, -0.15) is 0 Å². The molecule has 0 amide bonds. The van der Waals surface area contributed by atoms with Crippen LogP contribution in [0.25, 0.3) is 0 Å². The highest BCUT2D eigenvalue weighted by Crippen LogP contribution is 2.43. The van der Waals surface area contributed by atoms with Crippen LogP contribution in [0.4, 0.5) is 0 Å². The van der Waals surface area contributed by atoms with Gasteiger partial charge < -0.3 is 20.0 Å². The molecule has 0 bridgehead atoms. The maximum Gasteiger partial charge on any atom is 0.0107 e. The van der Waals surface area contributed by atoms with Crippen LogP contribution in [0.15, 0.2) is 24.3 Å². The van der Waals surface area contributed by atoms with Gasteiger partial charge in [-0.1, -0.05) is 359 Å². The van der Waals surface area contributed by atoms with Gasteiger partial charge in [-0.3, -0.25) is 0 Å². The molecule has 1 aromatic carbocycles. The number of hydrogen-bond donors (Lipinski definition) is 1. The third kappa shape index (κ3) is 44.1. The first kappa shape index (κ1) is 94.1. The van der Waals surface area contributed by atoms with E-state index < -0.39 is 0 Å². The summed E-state index contributed by atoms with van der Waals surface area (Å²) in [7, 11) is 8.69. The molecule has 99 heavy (non-hydrogen) atoms. The van der Waals surface area contributed by atoms with Crippen LogP contribution in [0.5, 0.6) is 0 Å². The summed E-state index contributed by atoms with van der Waals surface area (Å²) in [6, 6.07) is 9.45. The molecule has 7 aliphatic carbocycles. The zero-order valence-corrected chi connectivity index (χ0v) is 71.4. The van der Waals surface area contributed by atoms with E-state index in [0.717, 1.165) is 102 Å². The van der Waals surface area contributed by atoms with Crippen molar-refractivity contribution in [2.45, 2.75) is 424 Å². The highest BCUT2D eigenvalue weighted by atomic mass is 15.2. The van der Waals surface area contributed by atoms with Crippen LogP contribution in [-0.4, -0.2) is 88.2 Å². The number of nitrogens with zero attached hydrogens (tertiary/aromatic N) is 3. The van der Waals surface area contributed by atoms with E-state index in [1.165, 1.54) is 326 Å². The monoisotopic (exact) mass is 1380 g/mol. The van der Waals surface area contributed by atoms with Crippen LogP contribution in [0.2, 0.25) is 0 Å². The Labute approximate surface area is 626 Å². The van der Waals surface area contributed by atoms with Gasteiger partial charge in [-0.15, -0.1) is 0 Å². The molecule has 9 fully saturated rings. The molecule has 10 rings (SSSR count). The Morgan fingerprint density at radius 1 is 0.293 bits per heavy atom. The van der Waals surface area contributed by atoms with Gasteiger partial charge in [0, 0.05) is 32.2 Å².